The van der Waals surface area contributed by atoms with Gasteiger partial charge in [0.15, 0.2) is 0 Å². The third-order valence-electron chi connectivity index (χ3n) is 3.11. The summed E-state index contributed by atoms with van der Waals surface area (Å²) in [5, 5.41) is 6.89. The molecule has 5 heteroatoms. The Hall–Kier alpha value is -1.36. The van der Waals surface area contributed by atoms with E-state index < -0.39 is 0 Å². The smallest absolute Gasteiger partial charge is 0.269 e. The largest absolute Gasteiger partial charge is 0.394 e. The van der Waals surface area contributed by atoms with E-state index in [2.05, 4.69) is 25.8 Å². The van der Waals surface area contributed by atoms with Crippen molar-refractivity contribution in [2.24, 2.45) is 5.73 Å². The number of nitrogens with zero attached hydrogens (tertiary/aromatic N) is 2. The normalized spacial score (nSPS) is 21.9. The molecule has 0 aliphatic carbocycles. The van der Waals surface area contributed by atoms with E-state index in [0.717, 1.165) is 12.8 Å². The zero-order chi connectivity index (χ0) is 12.3. The molecular formula is C11H20N4O. The maximum Gasteiger partial charge on any atom is 0.269 e. The van der Waals surface area contributed by atoms with Crippen molar-refractivity contribution in [1.29, 1.82) is 5.41 Å². The highest BCUT2D eigenvalue weighted by molar-refractivity contribution is 5.96. The number of carbonyl (C=O) groups excluding carboxylic acids is 1. The number of hydrogen-bond donors (Lipinski definition) is 2. The molecule has 1 amide bonds. The summed E-state index contributed by atoms with van der Waals surface area (Å²) >= 11 is 0. The Morgan fingerprint density at radius 2 is 2.06 bits per heavy atom. The number of rotatable bonds is 2. The van der Waals surface area contributed by atoms with E-state index in [9.17, 15) is 4.79 Å². The second-order valence-electron chi connectivity index (χ2n) is 4.75. The van der Waals surface area contributed by atoms with Crippen molar-refractivity contribution < 1.29 is 4.79 Å². The molecule has 0 bridgehead atoms. The number of carbonyl (C=O) groups is 1. The van der Waals surface area contributed by atoms with Gasteiger partial charge < -0.3 is 16.0 Å². The average molecular weight is 224 g/mol. The van der Waals surface area contributed by atoms with Crippen LogP contribution in [0.15, 0.2) is 11.8 Å². The lowest BCUT2D eigenvalue weighted by atomic mass is 9.99. The molecule has 1 heterocycles. The molecule has 0 spiro atoms. The monoisotopic (exact) mass is 224 g/mol. The van der Waals surface area contributed by atoms with Crippen molar-refractivity contribution in [3.8, 4) is 0 Å². The molecule has 90 valence electrons. The number of allylic oxidation sites excluding steroid dienone is 1. The molecule has 0 atom stereocenters. The average Bonchev–Trinajstić information content (AvgIpc) is 2.21. The number of piperazine rings is 1. The molecule has 1 fully saturated rings. The van der Waals surface area contributed by atoms with E-state index in [1.165, 1.54) is 6.08 Å². The van der Waals surface area contributed by atoms with Crippen LogP contribution >= 0.6 is 0 Å². The Labute approximate surface area is 96.4 Å². The molecular weight excluding hydrogens is 204 g/mol. The van der Waals surface area contributed by atoms with Gasteiger partial charge in [-0.2, -0.15) is 0 Å². The van der Waals surface area contributed by atoms with Crippen LogP contribution in [0.5, 0.6) is 0 Å². The second-order valence-corrected chi connectivity index (χ2v) is 4.75. The Morgan fingerprint density at radius 3 is 2.56 bits per heavy atom. The van der Waals surface area contributed by atoms with Crippen molar-refractivity contribution in [2.75, 3.05) is 26.7 Å². The first-order valence-corrected chi connectivity index (χ1v) is 5.35. The van der Waals surface area contributed by atoms with Gasteiger partial charge >= 0.3 is 0 Å². The van der Waals surface area contributed by atoms with Crippen LogP contribution in [-0.2, 0) is 4.79 Å². The predicted molar refractivity (Wildman–Crippen MR) is 64.3 cm³/mol. The number of likely N-dealkylation sites (N-methyl/N-ethyl adjacent to an activating group) is 1. The molecule has 1 aliphatic rings. The molecule has 0 aromatic heterocycles. The Morgan fingerprint density at radius 1 is 1.44 bits per heavy atom. The van der Waals surface area contributed by atoms with Crippen LogP contribution < -0.4 is 5.73 Å². The summed E-state index contributed by atoms with van der Waals surface area (Å²) in [5.41, 5.74) is 5.69. The first kappa shape index (κ1) is 12.7. The third-order valence-corrected chi connectivity index (χ3v) is 3.11. The van der Waals surface area contributed by atoms with Gasteiger partial charge in [0.2, 0.25) is 0 Å². The molecule has 1 rings (SSSR count). The summed E-state index contributed by atoms with van der Waals surface area (Å²) in [6.07, 6.45) is 2.36. The van der Waals surface area contributed by atoms with Gasteiger partial charge in [-0.15, -0.1) is 0 Å². The fraction of sp³-hybridized carbons (Fsp3) is 0.636. The maximum absolute atomic E-state index is 11.9. The summed E-state index contributed by atoms with van der Waals surface area (Å²) in [5.74, 6) is -0.176. The van der Waals surface area contributed by atoms with E-state index >= 15 is 0 Å². The van der Waals surface area contributed by atoms with E-state index in [4.69, 9.17) is 11.1 Å². The highest BCUT2D eigenvalue weighted by Gasteiger charge is 2.33. The van der Waals surface area contributed by atoms with Gasteiger partial charge in [0.05, 0.1) is 5.70 Å². The zero-order valence-corrected chi connectivity index (χ0v) is 10.2. The fourth-order valence-electron chi connectivity index (χ4n) is 1.76. The number of hydrogen-bond acceptors (Lipinski definition) is 4. The summed E-state index contributed by atoms with van der Waals surface area (Å²) in [6, 6.07) is 0. The van der Waals surface area contributed by atoms with Crippen molar-refractivity contribution in [2.45, 2.75) is 19.4 Å². The zero-order valence-electron chi connectivity index (χ0n) is 10.2. The molecule has 1 saturated heterocycles. The quantitative estimate of drug-likeness (QED) is 0.513. The van der Waals surface area contributed by atoms with Crippen LogP contribution in [0.1, 0.15) is 13.8 Å². The molecule has 0 aromatic rings. The molecule has 1 aliphatic heterocycles. The topological polar surface area (TPSA) is 73.4 Å². The summed E-state index contributed by atoms with van der Waals surface area (Å²) in [4.78, 5) is 15.9. The fourth-order valence-corrected chi connectivity index (χ4v) is 1.76. The minimum Gasteiger partial charge on any atom is -0.394 e. The molecule has 5 nitrogen and oxygen atoms in total. The van der Waals surface area contributed by atoms with Crippen molar-refractivity contribution >= 4 is 12.1 Å². The molecule has 3 N–H and O–H groups in total. The molecule has 0 radical (unpaired) electrons. The first-order valence-electron chi connectivity index (χ1n) is 5.35. The van der Waals surface area contributed by atoms with Crippen LogP contribution in [0.25, 0.3) is 0 Å². The van der Waals surface area contributed by atoms with Gasteiger partial charge in [-0.25, -0.2) is 0 Å². The van der Waals surface area contributed by atoms with Crippen LogP contribution in [-0.4, -0.2) is 54.1 Å². The van der Waals surface area contributed by atoms with Crippen LogP contribution in [0, 0.1) is 5.41 Å². The summed E-state index contributed by atoms with van der Waals surface area (Å²) in [7, 11) is 2.05. The number of nitrogens with one attached hydrogen (secondary N) is 1. The third kappa shape index (κ3) is 2.61. The van der Waals surface area contributed by atoms with E-state index in [1.807, 2.05) is 0 Å². The van der Waals surface area contributed by atoms with Gasteiger partial charge in [0, 0.05) is 31.4 Å². The van der Waals surface area contributed by atoms with Crippen LogP contribution in [0.3, 0.4) is 0 Å². The van der Waals surface area contributed by atoms with Gasteiger partial charge in [-0.1, -0.05) is 0 Å². The Kier molecular flexibility index (Phi) is 3.70. The second kappa shape index (κ2) is 4.65. The Balaban J connectivity index is 2.73. The highest BCUT2D eigenvalue weighted by Crippen LogP contribution is 2.19. The molecule has 0 aromatic carbocycles. The first-order chi connectivity index (χ1) is 7.38. The summed E-state index contributed by atoms with van der Waals surface area (Å²) < 4.78 is 0. The lowest BCUT2D eigenvalue weighted by molar-refractivity contribution is -0.131. The van der Waals surface area contributed by atoms with Crippen LogP contribution in [0.4, 0.5) is 0 Å². The lowest BCUT2D eigenvalue weighted by Crippen LogP contribution is -2.59. The van der Waals surface area contributed by atoms with Gasteiger partial charge in [0.1, 0.15) is 0 Å². The highest BCUT2D eigenvalue weighted by atomic mass is 16.2. The molecule has 16 heavy (non-hydrogen) atoms. The van der Waals surface area contributed by atoms with Crippen molar-refractivity contribution in [3.63, 3.8) is 0 Å². The number of amides is 1. The van der Waals surface area contributed by atoms with E-state index in [1.54, 1.807) is 4.90 Å². The van der Waals surface area contributed by atoms with E-state index in [0.29, 0.717) is 13.1 Å². The SMILES string of the molecule is CN1CCN(C(=O)/C(N)=C/C=N)CC1(C)C. The summed E-state index contributed by atoms with van der Waals surface area (Å²) in [6.45, 7) is 6.39. The predicted octanol–water partition coefficient (Wildman–Crippen LogP) is 0.0312. The van der Waals surface area contributed by atoms with Crippen molar-refractivity contribution in [3.05, 3.63) is 11.8 Å². The van der Waals surface area contributed by atoms with Crippen molar-refractivity contribution in [1.82, 2.24) is 9.80 Å². The van der Waals surface area contributed by atoms with E-state index in [-0.39, 0.29) is 17.1 Å². The maximum atomic E-state index is 11.9. The standard InChI is InChI=1S/C11H20N4O/c1-11(2)8-15(7-6-14(11)3)10(16)9(13)4-5-12/h4-5,12H,6-8,13H2,1-3H3/b9-4-,12-5?. The van der Waals surface area contributed by atoms with Gasteiger partial charge in [-0.3, -0.25) is 9.69 Å². The van der Waals surface area contributed by atoms with Gasteiger partial charge in [0.25, 0.3) is 5.91 Å². The Bertz CT molecular complexity index is 322. The minimum absolute atomic E-state index is 0.0289. The molecule has 0 saturated carbocycles. The minimum atomic E-state index is -0.176. The van der Waals surface area contributed by atoms with Crippen LogP contribution in [0.2, 0.25) is 0 Å². The molecule has 0 unspecified atom stereocenters. The van der Waals surface area contributed by atoms with Gasteiger partial charge in [-0.05, 0) is 27.0 Å². The lowest BCUT2D eigenvalue weighted by Gasteiger charge is -2.45. The number of nitrogens with two attached hydrogens (primary N) is 1.